The molecular weight excluding hydrogens is 344 g/mol. The molecule has 0 bridgehead atoms. The Labute approximate surface area is 146 Å². The molecule has 0 amide bonds. The van der Waals surface area contributed by atoms with E-state index in [4.69, 9.17) is 5.11 Å². The molecule has 0 aliphatic rings. The number of hydrogen-bond donors (Lipinski definition) is 5. The SMILES string of the molecule is O=C(O)CSc1n[nH]c(-c2cc(NO)cc(-c3ccc(O)cc3)c2)n1. The highest BCUT2D eigenvalue weighted by Crippen LogP contribution is 2.30. The fraction of sp³-hybridized carbons (Fsp3) is 0.0625. The van der Waals surface area contributed by atoms with Gasteiger partial charge in [0.1, 0.15) is 5.75 Å². The van der Waals surface area contributed by atoms with Crippen LogP contribution < -0.4 is 5.48 Å². The van der Waals surface area contributed by atoms with E-state index in [1.54, 1.807) is 36.4 Å². The van der Waals surface area contributed by atoms with Crippen LogP contribution >= 0.6 is 11.8 Å². The van der Waals surface area contributed by atoms with Gasteiger partial charge < -0.3 is 10.2 Å². The topological polar surface area (TPSA) is 131 Å². The zero-order valence-corrected chi connectivity index (χ0v) is 13.6. The smallest absolute Gasteiger partial charge is 0.313 e. The number of nitrogens with one attached hydrogen (secondary N) is 2. The minimum absolute atomic E-state index is 0.131. The monoisotopic (exact) mass is 358 g/mol. The number of carboxylic acid groups (broad SMARTS) is 1. The van der Waals surface area contributed by atoms with Crippen LogP contribution in [-0.2, 0) is 4.79 Å². The van der Waals surface area contributed by atoms with E-state index >= 15 is 0 Å². The van der Waals surface area contributed by atoms with E-state index in [0.717, 1.165) is 22.9 Å². The molecule has 0 aliphatic heterocycles. The van der Waals surface area contributed by atoms with E-state index < -0.39 is 5.97 Å². The number of phenolic OH excluding ortho intramolecular Hbond substituents is 1. The summed E-state index contributed by atoms with van der Waals surface area (Å²) in [6, 6.07) is 11.9. The molecule has 0 spiro atoms. The predicted molar refractivity (Wildman–Crippen MR) is 92.7 cm³/mol. The molecule has 3 aromatic rings. The first-order chi connectivity index (χ1) is 12.0. The van der Waals surface area contributed by atoms with Crippen LogP contribution in [0.3, 0.4) is 0 Å². The molecule has 0 atom stereocenters. The van der Waals surface area contributed by atoms with Crippen molar-refractivity contribution in [2.75, 3.05) is 11.2 Å². The van der Waals surface area contributed by atoms with Gasteiger partial charge in [-0.05, 0) is 41.5 Å². The molecule has 0 radical (unpaired) electrons. The van der Waals surface area contributed by atoms with Crippen LogP contribution in [0.15, 0.2) is 47.6 Å². The Balaban J connectivity index is 1.94. The number of benzene rings is 2. The molecule has 9 heteroatoms. The maximum Gasteiger partial charge on any atom is 0.313 e. The van der Waals surface area contributed by atoms with Crippen LogP contribution in [0, 0.1) is 0 Å². The summed E-state index contributed by atoms with van der Waals surface area (Å²) in [4.78, 5) is 14.9. The van der Waals surface area contributed by atoms with E-state index in [1.165, 1.54) is 0 Å². The molecule has 1 heterocycles. The van der Waals surface area contributed by atoms with Crippen molar-refractivity contribution >= 4 is 23.4 Å². The van der Waals surface area contributed by atoms with Crippen molar-refractivity contribution in [2.45, 2.75) is 5.16 Å². The fourth-order valence-electron chi connectivity index (χ4n) is 2.22. The number of hydrogen-bond acceptors (Lipinski definition) is 7. The lowest BCUT2D eigenvalue weighted by Gasteiger charge is -2.08. The summed E-state index contributed by atoms with van der Waals surface area (Å²) < 4.78 is 0. The van der Waals surface area contributed by atoms with Gasteiger partial charge in [0.25, 0.3) is 0 Å². The second-order valence-electron chi connectivity index (χ2n) is 5.11. The number of phenols is 1. The molecule has 0 unspecified atom stereocenters. The van der Waals surface area contributed by atoms with Crippen LogP contribution in [0.2, 0.25) is 0 Å². The van der Waals surface area contributed by atoms with Gasteiger partial charge in [-0.15, -0.1) is 5.10 Å². The van der Waals surface area contributed by atoms with Gasteiger partial charge in [0.2, 0.25) is 5.16 Å². The molecule has 1 aromatic heterocycles. The van der Waals surface area contributed by atoms with Crippen molar-refractivity contribution in [2.24, 2.45) is 0 Å². The number of aromatic amines is 1. The van der Waals surface area contributed by atoms with Gasteiger partial charge in [0, 0.05) is 5.56 Å². The number of rotatable bonds is 6. The maximum atomic E-state index is 10.6. The first-order valence-corrected chi connectivity index (χ1v) is 8.15. The third-order valence-electron chi connectivity index (χ3n) is 3.33. The molecule has 5 N–H and O–H groups in total. The number of aromatic nitrogens is 3. The van der Waals surface area contributed by atoms with Crippen molar-refractivity contribution in [3.63, 3.8) is 0 Å². The Morgan fingerprint density at radius 3 is 2.52 bits per heavy atom. The van der Waals surface area contributed by atoms with Gasteiger partial charge in [-0.2, -0.15) is 0 Å². The van der Waals surface area contributed by atoms with Gasteiger partial charge in [0.05, 0.1) is 11.4 Å². The van der Waals surface area contributed by atoms with Crippen molar-refractivity contribution in [3.8, 4) is 28.3 Å². The normalized spacial score (nSPS) is 10.6. The first-order valence-electron chi connectivity index (χ1n) is 7.17. The molecular formula is C16H14N4O4S. The van der Waals surface area contributed by atoms with Gasteiger partial charge in [-0.1, -0.05) is 23.9 Å². The summed E-state index contributed by atoms with van der Waals surface area (Å²) in [6.45, 7) is 0. The van der Waals surface area contributed by atoms with Crippen molar-refractivity contribution in [3.05, 3.63) is 42.5 Å². The summed E-state index contributed by atoms with van der Waals surface area (Å²) in [5.41, 5.74) is 4.87. The Hall–Kier alpha value is -3.04. The van der Waals surface area contributed by atoms with E-state index in [-0.39, 0.29) is 11.5 Å². The molecule has 0 saturated heterocycles. The zero-order valence-electron chi connectivity index (χ0n) is 12.8. The number of carboxylic acids is 1. The molecule has 25 heavy (non-hydrogen) atoms. The summed E-state index contributed by atoms with van der Waals surface area (Å²) in [5.74, 6) is -0.466. The van der Waals surface area contributed by atoms with Gasteiger partial charge in [-0.25, -0.2) is 4.98 Å². The molecule has 3 rings (SSSR count). The number of aromatic hydroxyl groups is 1. The van der Waals surface area contributed by atoms with Gasteiger partial charge >= 0.3 is 5.97 Å². The van der Waals surface area contributed by atoms with Crippen LogP contribution in [-0.4, -0.2) is 42.3 Å². The second-order valence-corrected chi connectivity index (χ2v) is 6.05. The zero-order chi connectivity index (χ0) is 17.8. The molecule has 2 aromatic carbocycles. The Bertz CT molecular complexity index is 895. The van der Waals surface area contributed by atoms with Crippen molar-refractivity contribution in [1.82, 2.24) is 15.2 Å². The third-order valence-corrected chi connectivity index (χ3v) is 4.16. The van der Waals surface area contributed by atoms with E-state index in [2.05, 4.69) is 20.7 Å². The summed E-state index contributed by atoms with van der Waals surface area (Å²) >= 11 is 1.01. The maximum absolute atomic E-state index is 10.6. The lowest BCUT2D eigenvalue weighted by molar-refractivity contribution is -0.133. The number of nitrogens with zero attached hydrogens (tertiary/aromatic N) is 2. The van der Waals surface area contributed by atoms with Gasteiger partial charge in [-0.3, -0.25) is 20.6 Å². The summed E-state index contributed by atoms with van der Waals surface area (Å²) in [5, 5.41) is 34.5. The lowest BCUT2D eigenvalue weighted by Crippen LogP contribution is -1.97. The molecule has 0 saturated carbocycles. The molecule has 8 nitrogen and oxygen atoms in total. The Morgan fingerprint density at radius 2 is 1.84 bits per heavy atom. The van der Waals surface area contributed by atoms with E-state index in [0.29, 0.717) is 22.2 Å². The third kappa shape index (κ3) is 4.08. The average molecular weight is 358 g/mol. The minimum atomic E-state index is -0.947. The van der Waals surface area contributed by atoms with Crippen molar-refractivity contribution < 1.29 is 20.2 Å². The van der Waals surface area contributed by atoms with E-state index in [9.17, 15) is 15.1 Å². The number of anilines is 1. The number of aliphatic carboxylic acids is 1. The average Bonchev–Trinajstić information content (AvgIpc) is 3.09. The highest BCUT2D eigenvalue weighted by molar-refractivity contribution is 7.99. The standard InChI is InChI=1S/C16H14N4O4S/c21-13-3-1-9(2-4-13)10-5-11(7-12(6-10)20-24)15-17-16(19-18-15)25-8-14(22)23/h1-7,20-21,24H,8H2,(H,22,23)(H,17,18,19). The molecule has 0 aliphatic carbocycles. The fourth-order valence-corrected chi connectivity index (χ4v) is 2.73. The molecule has 128 valence electrons. The van der Waals surface area contributed by atoms with Gasteiger partial charge in [0.15, 0.2) is 5.82 Å². The van der Waals surface area contributed by atoms with Crippen LogP contribution in [0.5, 0.6) is 5.75 Å². The van der Waals surface area contributed by atoms with Crippen molar-refractivity contribution in [1.29, 1.82) is 0 Å². The Morgan fingerprint density at radius 1 is 1.12 bits per heavy atom. The van der Waals surface area contributed by atoms with Crippen LogP contribution in [0.1, 0.15) is 0 Å². The largest absolute Gasteiger partial charge is 0.508 e. The number of carbonyl (C=O) groups is 1. The second kappa shape index (κ2) is 7.24. The van der Waals surface area contributed by atoms with Crippen LogP contribution in [0.4, 0.5) is 5.69 Å². The van der Waals surface area contributed by atoms with Crippen LogP contribution in [0.25, 0.3) is 22.5 Å². The highest BCUT2D eigenvalue weighted by atomic mass is 32.2. The molecule has 0 fully saturated rings. The highest BCUT2D eigenvalue weighted by Gasteiger charge is 2.11. The quantitative estimate of drug-likeness (QED) is 0.336. The predicted octanol–water partition coefficient (Wildman–Crippen LogP) is 2.82. The Kier molecular flexibility index (Phi) is 4.87. The number of H-pyrrole nitrogens is 1. The minimum Gasteiger partial charge on any atom is -0.508 e. The lowest BCUT2D eigenvalue weighted by atomic mass is 10.0. The van der Waals surface area contributed by atoms with E-state index in [1.807, 2.05) is 6.07 Å². The first kappa shape index (κ1) is 16.8. The summed E-state index contributed by atoms with van der Waals surface area (Å²) in [6.07, 6.45) is 0. The number of thioether (sulfide) groups is 1. The summed E-state index contributed by atoms with van der Waals surface area (Å²) in [7, 11) is 0.